The van der Waals surface area contributed by atoms with Crippen molar-refractivity contribution in [3.8, 4) is 11.4 Å². The lowest BCUT2D eigenvalue weighted by Crippen LogP contribution is -2.00. The quantitative estimate of drug-likeness (QED) is 0.757. The normalized spacial score (nSPS) is 10.9. The number of nitrogens with zero attached hydrogens (tertiary/aromatic N) is 2. The zero-order chi connectivity index (χ0) is 14.3. The third kappa shape index (κ3) is 2.13. The fraction of sp³-hybridized carbons (Fsp3) is 0.0714. The van der Waals surface area contributed by atoms with Gasteiger partial charge >= 0.3 is 0 Å². The van der Waals surface area contributed by atoms with Crippen molar-refractivity contribution in [2.45, 2.75) is 0 Å². The number of ether oxygens (including phenoxy) is 1. The van der Waals surface area contributed by atoms with Crippen LogP contribution in [-0.4, -0.2) is 16.7 Å². The molecule has 0 saturated carbocycles. The third-order valence-electron chi connectivity index (χ3n) is 3.05. The minimum Gasteiger partial charge on any atom is -0.497 e. The Morgan fingerprint density at radius 1 is 1.25 bits per heavy atom. The second-order valence-corrected chi connectivity index (χ2v) is 5.52. The molecule has 2 aromatic carbocycles. The number of nitrogens with two attached hydrogens (primary N) is 1. The summed E-state index contributed by atoms with van der Waals surface area (Å²) >= 11 is 9.52. The standard InChI is InChI=1S/C14H11BrClN3O/c1-20-9-3-5-12-13(7-9)19(14(17)18-12)8-2-4-10(15)11(16)6-8/h2-7H,1H3,(H2,17,18). The first-order valence-electron chi connectivity index (χ1n) is 5.87. The summed E-state index contributed by atoms with van der Waals surface area (Å²) in [5.41, 5.74) is 8.56. The van der Waals surface area contributed by atoms with Crippen molar-refractivity contribution in [1.29, 1.82) is 0 Å². The number of hydrogen-bond acceptors (Lipinski definition) is 3. The summed E-state index contributed by atoms with van der Waals surface area (Å²) in [5.74, 6) is 1.16. The summed E-state index contributed by atoms with van der Waals surface area (Å²) in [7, 11) is 1.63. The van der Waals surface area contributed by atoms with Gasteiger partial charge in [0.1, 0.15) is 5.75 Å². The minimum absolute atomic E-state index is 0.409. The molecule has 0 bridgehead atoms. The molecule has 0 amide bonds. The van der Waals surface area contributed by atoms with Crippen LogP contribution in [0.25, 0.3) is 16.7 Å². The molecular formula is C14H11BrClN3O. The van der Waals surface area contributed by atoms with Gasteiger partial charge in [-0.05, 0) is 46.3 Å². The number of methoxy groups -OCH3 is 1. The molecule has 0 unspecified atom stereocenters. The van der Waals surface area contributed by atoms with E-state index in [1.807, 2.05) is 41.0 Å². The zero-order valence-electron chi connectivity index (χ0n) is 10.6. The zero-order valence-corrected chi connectivity index (χ0v) is 12.9. The second-order valence-electron chi connectivity index (χ2n) is 4.26. The first-order valence-corrected chi connectivity index (χ1v) is 7.04. The number of anilines is 1. The molecule has 4 nitrogen and oxygen atoms in total. The molecule has 0 aliphatic carbocycles. The molecule has 2 N–H and O–H groups in total. The monoisotopic (exact) mass is 351 g/mol. The molecule has 3 rings (SSSR count). The van der Waals surface area contributed by atoms with E-state index in [0.29, 0.717) is 11.0 Å². The van der Waals surface area contributed by atoms with Crippen LogP contribution in [0, 0.1) is 0 Å². The SMILES string of the molecule is COc1ccc2nc(N)n(-c3ccc(Br)c(Cl)c3)c2c1. The van der Waals surface area contributed by atoms with Crippen molar-refractivity contribution in [1.82, 2.24) is 9.55 Å². The Bertz CT molecular complexity index is 800. The third-order valence-corrected chi connectivity index (χ3v) is 4.28. The molecule has 0 spiro atoms. The maximum atomic E-state index is 6.15. The van der Waals surface area contributed by atoms with Gasteiger partial charge in [-0.2, -0.15) is 0 Å². The number of rotatable bonds is 2. The Balaban J connectivity index is 2.28. The largest absolute Gasteiger partial charge is 0.497 e. The highest BCUT2D eigenvalue weighted by Gasteiger charge is 2.12. The van der Waals surface area contributed by atoms with Crippen molar-refractivity contribution >= 4 is 44.5 Å². The highest BCUT2D eigenvalue weighted by molar-refractivity contribution is 9.10. The van der Waals surface area contributed by atoms with Gasteiger partial charge in [0.05, 0.1) is 28.9 Å². The lowest BCUT2D eigenvalue weighted by molar-refractivity contribution is 0.415. The number of aromatic nitrogens is 2. The second kappa shape index (κ2) is 5.00. The molecule has 1 aromatic heterocycles. The van der Waals surface area contributed by atoms with Gasteiger partial charge < -0.3 is 10.5 Å². The molecule has 0 radical (unpaired) electrons. The van der Waals surface area contributed by atoms with Crippen molar-refractivity contribution in [2.24, 2.45) is 0 Å². The van der Waals surface area contributed by atoms with Crippen molar-refractivity contribution in [2.75, 3.05) is 12.8 Å². The van der Waals surface area contributed by atoms with E-state index in [2.05, 4.69) is 20.9 Å². The van der Waals surface area contributed by atoms with Crippen molar-refractivity contribution < 1.29 is 4.74 Å². The lowest BCUT2D eigenvalue weighted by atomic mass is 10.2. The van der Waals surface area contributed by atoms with Crippen LogP contribution in [0.15, 0.2) is 40.9 Å². The van der Waals surface area contributed by atoms with Crippen LogP contribution in [0.1, 0.15) is 0 Å². The molecule has 102 valence electrons. The summed E-state index contributed by atoms with van der Waals surface area (Å²) in [4.78, 5) is 4.35. The maximum Gasteiger partial charge on any atom is 0.205 e. The first kappa shape index (κ1) is 13.3. The molecule has 20 heavy (non-hydrogen) atoms. The Labute approximate surface area is 129 Å². The van der Waals surface area contributed by atoms with Gasteiger partial charge in [0.15, 0.2) is 0 Å². The van der Waals surface area contributed by atoms with E-state index < -0.39 is 0 Å². The summed E-state index contributed by atoms with van der Waals surface area (Å²) in [6.45, 7) is 0. The van der Waals surface area contributed by atoms with Crippen LogP contribution in [-0.2, 0) is 0 Å². The number of benzene rings is 2. The van der Waals surface area contributed by atoms with Crippen molar-refractivity contribution in [3.63, 3.8) is 0 Å². The summed E-state index contributed by atoms with van der Waals surface area (Å²) in [6, 6.07) is 11.3. The predicted molar refractivity (Wildman–Crippen MR) is 84.7 cm³/mol. The van der Waals surface area contributed by atoms with E-state index in [4.69, 9.17) is 22.1 Å². The van der Waals surface area contributed by atoms with E-state index in [9.17, 15) is 0 Å². The molecule has 6 heteroatoms. The van der Waals surface area contributed by atoms with Crippen LogP contribution < -0.4 is 10.5 Å². The smallest absolute Gasteiger partial charge is 0.205 e. The van der Waals surface area contributed by atoms with Crippen molar-refractivity contribution in [3.05, 3.63) is 45.9 Å². The minimum atomic E-state index is 0.409. The van der Waals surface area contributed by atoms with Gasteiger partial charge in [-0.25, -0.2) is 4.98 Å². The molecule has 3 aromatic rings. The molecule has 0 atom stereocenters. The van der Waals surface area contributed by atoms with E-state index in [0.717, 1.165) is 26.9 Å². The Hall–Kier alpha value is -1.72. The number of imidazole rings is 1. The van der Waals surface area contributed by atoms with Gasteiger partial charge in [-0.3, -0.25) is 4.57 Å². The number of halogens is 2. The van der Waals surface area contributed by atoms with Crippen LogP contribution in [0.4, 0.5) is 5.95 Å². The summed E-state index contributed by atoms with van der Waals surface area (Å²) in [5, 5.41) is 0.617. The Morgan fingerprint density at radius 3 is 2.75 bits per heavy atom. The molecule has 0 fully saturated rings. The fourth-order valence-corrected chi connectivity index (χ4v) is 2.52. The molecule has 0 saturated heterocycles. The Kier molecular flexibility index (Phi) is 3.31. The van der Waals surface area contributed by atoms with Crippen LogP contribution in [0.5, 0.6) is 5.75 Å². The number of fused-ring (bicyclic) bond motifs is 1. The Morgan fingerprint density at radius 2 is 2.05 bits per heavy atom. The molecule has 1 heterocycles. The topological polar surface area (TPSA) is 53.1 Å². The molecule has 0 aliphatic heterocycles. The highest BCUT2D eigenvalue weighted by Crippen LogP contribution is 2.30. The molecule has 0 aliphatic rings. The summed E-state index contributed by atoms with van der Waals surface area (Å²) < 4.78 is 7.93. The average molecular weight is 353 g/mol. The first-order chi connectivity index (χ1) is 9.60. The van der Waals surface area contributed by atoms with Gasteiger partial charge in [0, 0.05) is 10.5 Å². The van der Waals surface area contributed by atoms with Gasteiger partial charge in [0.2, 0.25) is 5.95 Å². The summed E-state index contributed by atoms with van der Waals surface area (Å²) in [6.07, 6.45) is 0. The highest BCUT2D eigenvalue weighted by atomic mass is 79.9. The van der Waals surface area contributed by atoms with Crippen LogP contribution >= 0.6 is 27.5 Å². The average Bonchev–Trinajstić information content (AvgIpc) is 2.77. The van der Waals surface area contributed by atoms with Gasteiger partial charge in [-0.15, -0.1) is 0 Å². The maximum absolute atomic E-state index is 6.15. The van der Waals surface area contributed by atoms with Gasteiger partial charge in [-0.1, -0.05) is 11.6 Å². The van der Waals surface area contributed by atoms with E-state index in [1.54, 1.807) is 7.11 Å². The number of hydrogen-bond donors (Lipinski definition) is 1. The predicted octanol–water partition coefficient (Wildman–Crippen LogP) is 4.03. The van der Waals surface area contributed by atoms with E-state index in [1.165, 1.54) is 0 Å². The van der Waals surface area contributed by atoms with E-state index >= 15 is 0 Å². The number of nitrogen functional groups attached to an aromatic ring is 1. The molecular weight excluding hydrogens is 342 g/mol. The fourth-order valence-electron chi connectivity index (χ4n) is 2.10. The van der Waals surface area contributed by atoms with Crippen LogP contribution in [0.2, 0.25) is 5.02 Å². The van der Waals surface area contributed by atoms with E-state index in [-0.39, 0.29) is 0 Å². The van der Waals surface area contributed by atoms with Gasteiger partial charge in [0.25, 0.3) is 0 Å². The lowest BCUT2D eigenvalue weighted by Gasteiger charge is -2.08. The van der Waals surface area contributed by atoms with Crippen LogP contribution in [0.3, 0.4) is 0 Å².